The van der Waals surface area contributed by atoms with Gasteiger partial charge in [0, 0.05) is 39.0 Å². The van der Waals surface area contributed by atoms with Crippen molar-refractivity contribution in [1.29, 1.82) is 0 Å². The molecule has 1 fully saturated rings. The van der Waals surface area contributed by atoms with Crippen LogP contribution >= 0.6 is 0 Å². The summed E-state index contributed by atoms with van der Waals surface area (Å²) in [5.74, 6) is -3.60. The van der Waals surface area contributed by atoms with Crippen LogP contribution in [-0.4, -0.2) is 69.9 Å². The largest absolute Gasteiger partial charge is 0.481 e. The Balaban J connectivity index is 2.52. The van der Waals surface area contributed by atoms with E-state index in [1.54, 1.807) is 11.8 Å². The predicted molar refractivity (Wildman–Crippen MR) is 80.7 cm³/mol. The minimum Gasteiger partial charge on any atom is -0.481 e. The van der Waals surface area contributed by atoms with Gasteiger partial charge in [0.15, 0.2) is 0 Å². The highest BCUT2D eigenvalue weighted by atomic mass is 16.4. The van der Waals surface area contributed by atoms with Gasteiger partial charge in [-0.25, -0.2) is 0 Å². The zero-order chi connectivity index (χ0) is 17.4. The topological polar surface area (TPSA) is 115 Å². The molecule has 0 aromatic heterocycles. The smallest absolute Gasteiger partial charge is 0.316 e. The van der Waals surface area contributed by atoms with Gasteiger partial charge in [0.05, 0.1) is 0 Å². The zero-order valence-electron chi connectivity index (χ0n) is 13.4. The van der Waals surface area contributed by atoms with Crippen molar-refractivity contribution in [3.8, 4) is 0 Å². The molecule has 1 atom stereocenters. The third-order valence-electron chi connectivity index (χ3n) is 3.95. The van der Waals surface area contributed by atoms with Crippen molar-refractivity contribution in [2.24, 2.45) is 5.92 Å². The summed E-state index contributed by atoms with van der Waals surface area (Å²) < 4.78 is 0. The van der Waals surface area contributed by atoms with Crippen LogP contribution in [0.5, 0.6) is 0 Å². The van der Waals surface area contributed by atoms with Crippen molar-refractivity contribution in [1.82, 2.24) is 9.80 Å². The monoisotopic (exact) mass is 328 g/mol. The van der Waals surface area contributed by atoms with Gasteiger partial charge in [-0.1, -0.05) is 6.92 Å². The first-order chi connectivity index (χ1) is 10.9. The fourth-order valence-corrected chi connectivity index (χ4v) is 2.61. The van der Waals surface area contributed by atoms with E-state index in [0.29, 0.717) is 39.0 Å². The van der Waals surface area contributed by atoms with E-state index in [-0.39, 0.29) is 25.2 Å². The highest BCUT2D eigenvalue weighted by Crippen LogP contribution is 2.13. The molecule has 1 aliphatic rings. The molecule has 1 unspecified atom stereocenters. The molecular formula is C15H24N2O6. The maximum absolute atomic E-state index is 12.2. The van der Waals surface area contributed by atoms with Crippen molar-refractivity contribution < 1.29 is 29.4 Å². The predicted octanol–water partition coefficient (Wildman–Crippen LogP) is 0.413. The van der Waals surface area contributed by atoms with Crippen LogP contribution < -0.4 is 0 Å². The number of nitrogens with zero attached hydrogens (tertiary/aromatic N) is 2. The van der Waals surface area contributed by atoms with Crippen LogP contribution in [0.1, 0.15) is 39.0 Å². The van der Waals surface area contributed by atoms with Gasteiger partial charge in [-0.15, -0.1) is 0 Å². The third-order valence-corrected chi connectivity index (χ3v) is 3.95. The number of hydrogen-bond donors (Lipinski definition) is 2. The summed E-state index contributed by atoms with van der Waals surface area (Å²) in [6, 6.07) is 0. The second kappa shape index (κ2) is 9.12. The van der Waals surface area contributed by atoms with Crippen molar-refractivity contribution in [3.63, 3.8) is 0 Å². The fraction of sp³-hybridized carbons (Fsp3) is 0.733. The molecule has 8 heteroatoms. The molecular weight excluding hydrogens is 304 g/mol. The number of aliphatic carboxylic acids is 2. The molecule has 0 radical (unpaired) electrons. The Labute approximate surface area is 135 Å². The second-order valence-corrected chi connectivity index (χ2v) is 5.61. The first-order valence-corrected chi connectivity index (χ1v) is 7.88. The lowest BCUT2D eigenvalue weighted by Gasteiger charge is -2.24. The molecule has 0 aliphatic carbocycles. The number of carbonyl (C=O) groups is 4. The Bertz CT molecular complexity index is 465. The van der Waals surface area contributed by atoms with Crippen LogP contribution in [0.4, 0.5) is 0 Å². The molecule has 2 amide bonds. The Morgan fingerprint density at radius 1 is 0.957 bits per heavy atom. The average Bonchev–Trinajstić information content (AvgIpc) is 2.72. The van der Waals surface area contributed by atoms with Crippen LogP contribution in [0.25, 0.3) is 0 Å². The van der Waals surface area contributed by atoms with Crippen LogP contribution in [0.3, 0.4) is 0 Å². The maximum Gasteiger partial charge on any atom is 0.316 e. The average molecular weight is 328 g/mol. The molecule has 0 spiro atoms. The number of carbonyl (C=O) groups excluding carboxylic acids is 2. The summed E-state index contributed by atoms with van der Waals surface area (Å²) in [7, 11) is 0. The second-order valence-electron chi connectivity index (χ2n) is 5.61. The van der Waals surface area contributed by atoms with Crippen molar-refractivity contribution in [2.75, 3.05) is 26.2 Å². The quantitative estimate of drug-likeness (QED) is 0.654. The van der Waals surface area contributed by atoms with Crippen molar-refractivity contribution in [2.45, 2.75) is 39.0 Å². The molecule has 130 valence electrons. The molecule has 23 heavy (non-hydrogen) atoms. The number of carboxylic acids is 2. The van der Waals surface area contributed by atoms with E-state index in [9.17, 15) is 19.2 Å². The van der Waals surface area contributed by atoms with E-state index >= 15 is 0 Å². The fourth-order valence-electron chi connectivity index (χ4n) is 2.61. The van der Waals surface area contributed by atoms with Crippen LogP contribution in [0.2, 0.25) is 0 Å². The molecule has 0 aromatic rings. The van der Waals surface area contributed by atoms with Crippen molar-refractivity contribution in [3.05, 3.63) is 0 Å². The van der Waals surface area contributed by atoms with E-state index in [2.05, 4.69) is 0 Å². The molecule has 1 rings (SSSR count). The van der Waals surface area contributed by atoms with E-state index in [4.69, 9.17) is 10.2 Å². The van der Waals surface area contributed by atoms with E-state index in [1.165, 1.54) is 4.90 Å². The van der Waals surface area contributed by atoms with E-state index < -0.39 is 23.8 Å². The Morgan fingerprint density at radius 2 is 1.57 bits per heavy atom. The van der Waals surface area contributed by atoms with Crippen LogP contribution in [0.15, 0.2) is 0 Å². The van der Waals surface area contributed by atoms with Gasteiger partial charge in [0.1, 0.15) is 5.92 Å². The Morgan fingerprint density at radius 3 is 2.13 bits per heavy atom. The van der Waals surface area contributed by atoms with Crippen molar-refractivity contribution >= 4 is 23.8 Å². The molecule has 2 N–H and O–H groups in total. The first-order valence-electron chi connectivity index (χ1n) is 7.88. The van der Waals surface area contributed by atoms with Gasteiger partial charge in [-0.05, 0) is 19.3 Å². The number of hydrogen-bond acceptors (Lipinski definition) is 4. The minimum absolute atomic E-state index is 0.0407. The zero-order valence-corrected chi connectivity index (χ0v) is 13.4. The number of rotatable bonds is 7. The lowest BCUT2D eigenvalue weighted by Crippen LogP contribution is -2.42. The van der Waals surface area contributed by atoms with Gasteiger partial charge in [-0.2, -0.15) is 0 Å². The number of amides is 2. The highest BCUT2D eigenvalue weighted by Gasteiger charge is 2.30. The summed E-state index contributed by atoms with van der Waals surface area (Å²) in [4.78, 5) is 48.9. The van der Waals surface area contributed by atoms with Gasteiger partial charge < -0.3 is 20.0 Å². The van der Waals surface area contributed by atoms with Gasteiger partial charge in [-0.3, -0.25) is 19.2 Å². The van der Waals surface area contributed by atoms with Crippen LogP contribution in [0, 0.1) is 5.92 Å². The Hall–Kier alpha value is -2.12. The molecule has 1 saturated heterocycles. The lowest BCUT2D eigenvalue weighted by molar-refractivity contribution is -0.151. The van der Waals surface area contributed by atoms with E-state index in [0.717, 1.165) is 0 Å². The van der Waals surface area contributed by atoms with E-state index in [1.807, 2.05) is 0 Å². The summed E-state index contributed by atoms with van der Waals surface area (Å²) in [6.07, 6.45) is 1.26. The van der Waals surface area contributed by atoms with Gasteiger partial charge in [0.25, 0.3) is 0 Å². The summed E-state index contributed by atoms with van der Waals surface area (Å²) in [5.41, 5.74) is 0. The standard InChI is InChI=1S/C15H24N2O6/c1-2-11(15(22)23)14(21)17-8-4-7-16(9-10-17)12(18)5-3-6-13(19)20/h11H,2-10H2,1H3,(H,19,20)(H,22,23). The van der Waals surface area contributed by atoms with Crippen LogP contribution in [-0.2, 0) is 19.2 Å². The molecule has 1 heterocycles. The summed E-state index contributed by atoms with van der Waals surface area (Å²) in [5, 5.41) is 17.6. The highest BCUT2D eigenvalue weighted by molar-refractivity contribution is 5.96. The number of carboxylic acid groups (broad SMARTS) is 2. The summed E-state index contributed by atoms with van der Waals surface area (Å²) in [6.45, 7) is 3.26. The SMILES string of the molecule is CCC(C(=O)O)C(=O)N1CCCN(C(=O)CCCC(=O)O)CC1. The summed E-state index contributed by atoms with van der Waals surface area (Å²) >= 11 is 0. The normalized spacial score (nSPS) is 16.6. The molecule has 1 aliphatic heterocycles. The maximum atomic E-state index is 12.2. The first kappa shape index (κ1) is 18.9. The Kier molecular flexibility index (Phi) is 7.50. The van der Waals surface area contributed by atoms with Gasteiger partial charge >= 0.3 is 11.9 Å². The minimum atomic E-state index is -1.12. The molecule has 0 aromatic carbocycles. The molecule has 0 bridgehead atoms. The molecule has 0 saturated carbocycles. The van der Waals surface area contributed by atoms with Gasteiger partial charge in [0.2, 0.25) is 11.8 Å². The molecule has 8 nitrogen and oxygen atoms in total. The lowest BCUT2D eigenvalue weighted by atomic mass is 10.1. The third kappa shape index (κ3) is 5.88.